The summed E-state index contributed by atoms with van der Waals surface area (Å²) in [6.07, 6.45) is 1.82. The van der Waals surface area contributed by atoms with E-state index in [0.717, 1.165) is 18.4 Å². The predicted octanol–water partition coefficient (Wildman–Crippen LogP) is 2.71. The summed E-state index contributed by atoms with van der Waals surface area (Å²) in [6.45, 7) is 4.12. The summed E-state index contributed by atoms with van der Waals surface area (Å²) in [5.41, 5.74) is 8.07. The first-order valence-electron chi connectivity index (χ1n) is 5.93. The van der Waals surface area contributed by atoms with Crippen molar-refractivity contribution in [3.8, 4) is 11.5 Å². The summed E-state index contributed by atoms with van der Waals surface area (Å²) in [5, 5.41) is 3.89. The number of aromatic nitrogens is 2. The zero-order valence-electron chi connectivity index (χ0n) is 10.2. The minimum absolute atomic E-state index is 0.151. The molecule has 0 aliphatic heterocycles. The molecule has 2 N–H and O–H groups in total. The largest absolute Gasteiger partial charge is 0.334 e. The fraction of sp³-hybridized carbons (Fsp3) is 0.385. The van der Waals surface area contributed by atoms with Gasteiger partial charge in [-0.15, -0.1) is 0 Å². The van der Waals surface area contributed by atoms with Crippen molar-refractivity contribution in [2.45, 2.75) is 32.7 Å². The fourth-order valence-corrected chi connectivity index (χ4v) is 1.57. The van der Waals surface area contributed by atoms with Crippen LogP contribution in [0.3, 0.4) is 0 Å². The third kappa shape index (κ3) is 2.53. The highest BCUT2D eigenvalue weighted by Crippen LogP contribution is 2.20. The molecule has 2 aromatic rings. The molecule has 0 aliphatic carbocycles. The Labute approximate surface area is 101 Å². The van der Waals surface area contributed by atoms with Gasteiger partial charge in [0.2, 0.25) is 0 Å². The zero-order chi connectivity index (χ0) is 12.3. The van der Waals surface area contributed by atoms with Crippen LogP contribution in [0.5, 0.6) is 0 Å². The first-order chi connectivity index (χ1) is 8.24. The first kappa shape index (κ1) is 11.8. The average Bonchev–Trinajstić information content (AvgIpc) is 2.87. The van der Waals surface area contributed by atoms with E-state index in [1.54, 1.807) is 0 Å². The van der Waals surface area contributed by atoms with E-state index in [9.17, 15) is 0 Å². The lowest BCUT2D eigenvalue weighted by atomic mass is 10.1. The van der Waals surface area contributed by atoms with Crippen molar-refractivity contribution in [1.29, 1.82) is 0 Å². The molecule has 1 atom stereocenters. The maximum absolute atomic E-state index is 5.85. The lowest BCUT2D eigenvalue weighted by Gasteiger charge is -1.99. The number of nitrogens with zero attached hydrogens (tertiary/aromatic N) is 2. The molecule has 1 aromatic carbocycles. The van der Waals surface area contributed by atoms with Crippen molar-refractivity contribution in [1.82, 2.24) is 10.1 Å². The zero-order valence-corrected chi connectivity index (χ0v) is 10.2. The Balaban J connectivity index is 2.24. The summed E-state index contributed by atoms with van der Waals surface area (Å²) < 4.78 is 5.21. The maximum Gasteiger partial charge on any atom is 0.257 e. The van der Waals surface area contributed by atoms with E-state index < -0.39 is 0 Å². The molecule has 4 heteroatoms. The molecule has 4 nitrogen and oxygen atoms in total. The molecule has 0 fully saturated rings. The molecule has 1 unspecified atom stereocenters. The van der Waals surface area contributed by atoms with E-state index in [1.165, 1.54) is 5.56 Å². The summed E-state index contributed by atoms with van der Waals surface area (Å²) in [7, 11) is 0. The van der Waals surface area contributed by atoms with Crippen LogP contribution in [0.4, 0.5) is 0 Å². The standard InChI is InChI=1S/C13H17N3O/c1-3-9-5-7-10(8-6-9)13-15-12(16-17-13)11(14)4-2/h5-8,11H,3-4,14H2,1-2H3. The van der Waals surface area contributed by atoms with E-state index >= 15 is 0 Å². The van der Waals surface area contributed by atoms with Crippen LogP contribution in [-0.2, 0) is 6.42 Å². The number of hydrogen-bond donors (Lipinski definition) is 1. The Morgan fingerprint density at radius 1 is 1.24 bits per heavy atom. The van der Waals surface area contributed by atoms with Crippen molar-refractivity contribution in [2.24, 2.45) is 5.73 Å². The Kier molecular flexibility index (Phi) is 3.54. The van der Waals surface area contributed by atoms with Crippen LogP contribution in [0.1, 0.15) is 37.7 Å². The number of benzene rings is 1. The Hall–Kier alpha value is -1.68. The van der Waals surface area contributed by atoms with Crippen LogP contribution >= 0.6 is 0 Å². The van der Waals surface area contributed by atoms with Crippen molar-refractivity contribution in [3.63, 3.8) is 0 Å². The highest BCUT2D eigenvalue weighted by Gasteiger charge is 2.13. The van der Waals surface area contributed by atoms with Crippen LogP contribution in [0, 0.1) is 0 Å². The molecule has 0 saturated carbocycles. The van der Waals surface area contributed by atoms with Gasteiger partial charge in [0.25, 0.3) is 5.89 Å². The summed E-state index contributed by atoms with van der Waals surface area (Å²) in [6, 6.07) is 7.97. The van der Waals surface area contributed by atoms with Gasteiger partial charge in [-0.1, -0.05) is 31.1 Å². The topological polar surface area (TPSA) is 64.9 Å². The van der Waals surface area contributed by atoms with Gasteiger partial charge in [0.1, 0.15) is 0 Å². The second-order valence-corrected chi connectivity index (χ2v) is 4.02. The van der Waals surface area contributed by atoms with Crippen LogP contribution in [0.15, 0.2) is 28.8 Å². The van der Waals surface area contributed by atoms with Gasteiger partial charge in [-0.05, 0) is 30.5 Å². The smallest absolute Gasteiger partial charge is 0.257 e. The third-order valence-corrected chi connectivity index (χ3v) is 2.82. The molecule has 0 spiro atoms. The average molecular weight is 231 g/mol. The van der Waals surface area contributed by atoms with Gasteiger partial charge < -0.3 is 10.3 Å². The van der Waals surface area contributed by atoms with Crippen LogP contribution in [0.2, 0.25) is 0 Å². The normalized spacial score (nSPS) is 12.6. The molecule has 1 aromatic heterocycles. The second kappa shape index (κ2) is 5.10. The molecule has 17 heavy (non-hydrogen) atoms. The SMILES string of the molecule is CCc1ccc(-c2nc(C(N)CC)no2)cc1. The van der Waals surface area contributed by atoms with Gasteiger partial charge in [-0.2, -0.15) is 4.98 Å². The summed E-state index contributed by atoms with van der Waals surface area (Å²) in [5.74, 6) is 1.11. The van der Waals surface area contributed by atoms with Gasteiger partial charge in [-0.25, -0.2) is 0 Å². The van der Waals surface area contributed by atoms with Crippen molar-refractivity contribution >= 4 is 0 Å². The van der Waals surface area contributed by atoms with E-state index in [4.69, 9.17) is 10.3 Å². The van der Waals surface area contributed by atoms with Crippen LogP contribution in [-0.4, -0.2) is 10.1 Å². The third-order valence-electron chi connectivity index (χ3n) is 2.82. The Morgan fingerprint density at radius 2 is 1.94 bits per heavy atom. The fourth-order valence-electron chi connectivity index (χ4n) is 1.57. The van der Waals surface area contributed by atoms with Crippen LogP contribution in [0.25, 0.3) is 11.5 Å². The van der Waals surface area contributed by atoms with Crippen molar-refractivity contribution in [3.05, 3.63) is 35.7 Å². The molecule has 2 rings (SSSR count). The van der Waals surface area contributed by atoms with E-state index in [0.29, 0.717) is 11.7 Å². The molecule has 0 aliphatic rings. The van der Waals surface area contributed by atoms with Crippen molar-refractivity contribution < 1.29 is 4.52 Å². The quantitative estimate of drug-likeness (QED) is 0.878. The number of rotatable bonds is 4. The predicted molar refractivity (Wildman–Crippen MR) is 66.3 cm³/mol. The Morgan fingerprint density at radius 3 is 2.53 bits per heavy atom. The molecule has 90 valence electrons. The van der Waals surface area contributed by atoms with Gasteiger partial charge in [0.05, 0.1) is 6.04 Å². The highest BCUT2D eigenvalue weighted by atomic mass is 16.5. The Bertz CT molecular complexity index is 476. The molecular weight excluding hydrogens is 214 g/mol. The number of hydrogen-bond acceptors (Lipinski definition) is 4. The molecule has 0 amide bonds. The molecular formula is C13H17N3O. The monoisotopic (exact) mass is 231 g/mol. The van der Waals surface area contributed by atoms with E-state index in [2.05, 4.69) is 29.2 Å². The minimum Gasteiger partial charge on any atom is -0.334 e. The summed E-state index contributed by atoms with van der Waals surface area (Å²) >= 11 is 0. The molecule has 0 radical (unpaired) electrons. The lowest BCUT2D eigenvalue weighted by Crippen LogP contribution is -2.10. The van der Waals surface area contributed by atoms with Gasteiger partial charge in [0, 0.05) is 5.56 Å². The van der Waals surface area contributed by atoms with Gasteiger partial charge >= 0.3 is 0 Å². The summed E-state index contributed by atoms with van der Waals surface area (Å²) in [4.78, 5) is 4.30. The van der Waals surface area contributed by atoms with E-state index in [-0.39, 0.29) is 6.04 Å². The number of aryl methyl sites for hydroxylation is 1. The van der Waals surface area contributed by atoms with Gasteiger partial charge in [0.15, 0.2) is 5.82 Å². The minimum atomic E-state index is -0.151. The van der Waals surface area contributed by atoms with Crippen LogP contribution < -0.4 is 5.73 Å². The highest BCUT2D eigenvalue weighted by molar-refractivity contribution is 5.53. The van der Waals surface area contributed by atoms with Gasteiger partial charge in [-0.3, -0.25) is 0 Å². The van der Waals surface area contributed by atoms with Crippen molar-refractivity contribution in [2.75, 3.05) is 0 Å². The molecule has 0 bridgehead atoms. The molecule has 1 heterocycles. The first-order valence-corrected chi connectivity index (χ1v) is 5.93. The number of nitrogens with two attached hydrogens (primary N) is 1. The lowest BCUT2D eigenvalue weighted by molar-refractivity contribution is 0.415. The molecule has 0 saturated heterocycles. The maximum atomic E-state index is 5.85. The van der Waals surface area contributed by atoms with E-state index in [1.807, 2.05) is 19.1 Å². The second-order valence-electron chi connectivity index (χ2n) is 4.02.